The molecule has 23 heavy (non-hydrogen) atoms. The Hall–Kier alpha value is -3.00. The van der Waals surface area contributed by atoms with Crippen LogP contribution >= 0.6 is 0 Å². The Bertz CT molecular complexity index is 822. The number of nitrogen functional groups attached to an aromatic ring is 1. The van der Waals surface area contributed by atoms with Gasteiger partial charge in [0.05, 0.1) is 5.69 Å². The third kappa shape index (κ3) is 3.27. The number of benzene rings is 1. The van der Waals surface area contributed by atoms with E-state index in [9.17, 15) is 0 Å². The van der Waals surface area contributed by atoms with Gasteiger partial charge in [-0.2, -0.15) is 20.1 Å². The molecule has 0 atom stereocenters. The third-order valence-electron chi connectivity index (χ3n) is 3.26. The standard InChI is InChI=1S/C15H18N8/c1-9-4-6-12(7-5-9)17-13-18-14(21-16)20-15(19-13)23-11(3)8-10(2)22-23/h4-8H,16H2,1-3H3,(H2,17,18,19,20,21). The van der Waals surface area contributed by atoms with Crippen LogP contribution < -0.4 is 16.6 Å². The average molecular weight is 310 g/mol. The Morgan fingerprint density at radius 3 is 2.26 bits per heavy atom. The first-order chi connectivity index (χ1) is 11.0. The van der Waals surface area contributed by atoms with E-state index in [1.165, 1.54) is 5.56 Å². The van der Waals surface area contributed by atoms with Crippen LogP contribution in [0.3, 0.4) is 0 Å². The van der Waals surface area contributed by atoms with E-state index in [1.54, 1.807) is 4.68 Å². The lowest BCUT2D eigenvalue weighted by atomic mass is 10.2. The molecule has 0 amide bonds. The smallest absolute Gasteiger partial charge is 0.257 e. The highest BCUT2D eigenvalue weighted by atomic mass is 15.4. The van der Waals surface area contributed by atoms with Gasteiger partial charge in [-0.15, -0.1) is 0 Å². The fraction of sp³-hybridized carbons (Fsp3) is 0.200. The first-order valence-corrected chi connectivity index (χ1v) is 7.15. The minimum atomic E-state index is 0.261. The van der Waals surface area contributed by atoms with Crippen molar-refractivity contribution in [3.05, 3.63) is 47.3 Å². The molecule has 2 heterocycles. The van der Waals surface area contributed by atoms with Gasteiger partial charge in [-0.3, -0.25) is 5.43 Å². The van der Waals surface area contributed by atoms with Gasteiger partial charge in [0.2, 0.25) is 11.9 Å². The van der Waals surface area contributed by atoms with E-state index >= 15 is 0 Å². The van der Waals surface area contributed by atoms with E-state index < -0.39 is 0 Å². The highest BCUT2D eigenvalue weighted by Crippen LogP contribution is 2.16. The first-order valence-electron chi connectivity index (χ1n) is 7.15. The van der Waals surface area contributed by atoms with Crippen LogP contribution in [-0.2, 0) is 0 Å². The second kappa shape index (κ2) is 6.01. The summed E-state index contributed by atoms with van der Waals surface area (Å²) in [5.41, 5.74) is 6.33. The van der Waals surface area contributed by atoms with E-state index in [4.69, 9.17) is 5.84 Å². The molecule has 0 fully saturated rings. The van der Waals surface area contributed by atoms with Crippen LogP contribution in [0.15, 0.2) is 30.3 Å². The van der Waals surface area contributed by atoms with Crippen LogP contribution in [0.4, 0.5) is 17.6 Å². The number of rotatable bonds is 4. The molecule has 4 N–H and O–H groups in total. The van der Waals surface area contributed by atoms with Crippen molar-refractivity contribution in [2.75, 3.05) is 10.7 Å². The van der Waals surface area contributed by atoms with Gasteiger partial charge in [-0.05, 0) is 39.0 Å². The van der Waals surface area contributed by atoms with Crippen molar-refractivity contribution in [1.82, 2.24) is 24.7 Å². The highest BCUT2D eigenvalue weighted by Gasteiger charge is 2.11. The minimum Gasteiger partial charge on any atom is -0.324 e. The van der Waals surface area contributed by atoms with Crippen LogP contribution in [0.25, 0.3) is 5.95 Å². The van der Waals surface area contributed by atoms with Crippen LogP contribution in [0.2, 0.25) is 0 Å². The summed E-state index contributed by atoms with van der Waals surface area (Å²) in [6, 6.07) is 9.88. The SMILES string of the molecule is Cc1ccc(Nc2nc(NN)nc(-n3nc(C)cc3C)n2)cc1. The maximum Gasteiger partial charge on any atom is 0.257 e. The lowest BCUT2D eigenvalue weighted by Crippen LogP contribution is -2.15. The summed E-state index contributed by atoms with van der Waals surface area (Å²) in [7, 11) is 0. The summed E-state index contributed by atoms with van der Waals surface area (Å²) in [6.07, 6.45) is 0. The molecule has 0 radical (unpaired) electrons. The molecule has 0 spiro atoms. The zero-order valence-corrected chi connectivity index (χ0v) is 13.2. The number of aryl methyl sites for hydroxylation is 3. The number of nitrogens with zero attached hydrogens (tertiary/aromatic N) is 5. The van der Waals surface area contributed by atoms with Gasteiger partial charge >= 0.3 is 0 Å². The van der Waals surface area contributed by atoms with Gasteiger partial charge in [-0.1, -0.05) is 17.7 Å². The van der Waals surface area contributed by atoms with Crippen LogP contribution in [0.5, 0.6) is 0 Å². The second-order valence-electron chi connectivity index (χ2n) is 5.26. The van der Waals surface area contributed by atoms with Gasteiger partial charge < -0.3 is 5.32 Å². The Morgan fingerprint density at radius 1 is 0.957 bits per heavy atom. The predicted molar refractivity (Wildman–Crippen MR) is 88.7 cm³/mol. The number of hydrogen-bond acceptors (Lipinski definition) is 7. The number of nitrogens with one attached hydrogen (secondary N) is 2. The van der Waals surface area contributed by atoms with Crippen molar-refractivity contribution in [3.8, 4) is 5.95 Å². The zero-order chi connectivity index (χ0) is 16.4. The Balaban J connectivity index is 1.99. The fourth-order valence-corrected chi connectivity index (χ4v) is 2.18. The van der Waals surface area contributed by atoms with E-state index in [1.807, 2.05) is 51.1 Å². The van der Waals surface area contributed by atoms with Crippen molar-refractivity contribution >= 4 is 17.6 Å². The summed E-state index contributed by atoms with van der Waals surface area (Å²) in [4.78, 5) is 12.9. The monoisotopic (exact) mass is 310 g/mol. The van der Waals surface area contributed by atoms with Gasteiger partial charge in [0.15, 0.2) is 0 Å². The van der Waals surface area contributed by atoms with Gasteiger partial charge in [0, 0.05) is 11.4 Å². The van der Waals surface area contributed by atoms with Crippen molar-refractivity contribution < 1.29 is 0 Å². The molecule has 1 aromatic carbocycles. The van der Waals surface area contributed by atoms with Crippen molar-refractivity contribution in [2.24, 2.45) is 5.84 Å². The van der Waals surface area contributed by atoms with Crippen molar-refractivity contribution in [1.29, 1.82) is 0 Å². The average Bonchev–Trinajstić information content (AvgIpc) is 2.88. The number of nitrogens with two attached hydrogens (primary N) is 1. The minimum absolute atomic E-state index is 0.261. The fourth-order valence-electron chi connectivity index (χ4n) is 2.18. The summed E-state index contributed by atoms with van der Waals surface area (Å²) in [6.45, 7) is 5.88. The van der Waals surface area contributed by atoms with E-state index in [2.05, 4.69) is 30.8 Å². The molecule has 0 saturated heterocycles. The molecular weight excluding hydrogens is 292 g/mol. The summed E-state index contributed by atoms with van der Waals surface area (Å²) < 4.78 is 1.65. The molecule has 0 saturated carbocycles. The molecule has 0 aliphatic carbocycles. The zero-order valence-electron chi connectivity index (χ0n) is 13.2. The topological polar surface area (TPSA) is 107 Å². The molecule has 0 aliphatic heterocycles. The molecule has 0 bridgehead atoms. The second-order valence-corrected chi connectivity index (χ2v) is 5.26. The molecule has 3 rings (SSSR count). The summed E-state index contributed by atoms with van der Waals surface area (Å²) in [5, 5.41) is 7.53. The Kier molecular flexibility index (Phi) is 3.90. The predicted octanol–water partition coefficient (Wildman–Crippen LogP) is 2.01. The molecule has 2 aromatic heterocycles. The van der Waals surface area contributed by atoms with E-state index in [0.29, 0.717) is 11.9 Å². The Morgan fingerprint density at radius 2 is 1.65 bits per heavy atom. The quantitative estimate of drug-likeness (QED) is 0.500. The van der Waals surface area contributed by atoms with E-state index in [-0.39, 0.29) is 5.95 Å². The number of anilines is 3. The van der Waals surface area contributed by atoms with Gasteiger partial charge in [0.25, 0.3) is 5.95 Å². The number of aromatic nitrogens is 5. The molecule has 0 aliphatic rings. The largest absolute Gasteiger partial charge is 0.324 e. The maximum atomic E-state index is 5.46. The lowest BCUT2D eigenvalue weighted by Gasteiger charge is -2.09. The third-order valence-corrected chi connectivity index (χ3v) is 3.26. The molecule has 118 valence electrons. The number of hydrogen-bond donors (Lipinski definition) is 3. The van der Waals surface area contributed by atoms with Gasteiger partial charge in [-0.25, -0.2) is 10.5 Å². The molecular formula is C15H18N8. The van der Waals surface area contributed by atoms with Crippen LogP contribution in [0.1, 0.15) is 17.0 Å². The molecule has 0 unspecified atom stereocenters. The molecule has 8 nitrogen and oxygen atoms in total. The van der Waals surface area contributed by atoms with E-state index in [0.717, 1.165) is 17.1 Å². The maximum absolute atomic E-state index is 5.46. The first kappa shape index (κ1) is 14.9. The van der Waals surface area contributed by atoms with Crippen LogP contribution in [-0.4, -0.2) is 24.7 Å². The van der Waals surface area contributed by atoms with Crippen molar-refractivity contribution in [2.45, 2.75) is 20.8 Å². The van der Waals surface area contributed by atoms with Crippen LogP contribution in [0, 0.1) is 20.8 Å². The van der Waals surface area contributed by atoms with Crippen molar-refractivity contribution in [3.63, 3.8) is 0 Å². The highest BCUT2D eigenvalue weighted by molar-refractivity contribution is 5.55. The van der Waals surface area contributed by atoms with Gasteiger partial charge in [0.1, 0.15) is 0 Å². The molecule has 8 heteroatoms. The number of hydrazine groups is 1. The summed E-state index contributed by atoms with van der Waals surface area (Å²) >= 11 is 0. The normalized spacial score (nSPS) is 10.6. The lowest BCUT2D eigenvalue weighted by molar-refractivity contribution is 0.767. The summed E-state index contributed by atoms with van der Waals surface area (Å²) in [5.74, 6) is 6.51. The Labute approximate surface area is 133 Å². The molecule has 3 aromatic rings.